The van der Waals surface area contributed by atoms with Gasteiger partial charge in [-0.1, -0.05) is 5.16 Å². The number of hydrogen-bond donors (Lipinski definition) is 1. The number of aliphatic hydroxyl groups is 1. The summed E-state index contributed by atoms with van der Waals surface area (Å²) in [5, 5.41) is 13.2. The number of aliphatic hydroxyl groups excluding tert-OH is 1. The molecule has 16 heavy (non-hydrogen) atoms. The molecule has 0 radical (unpaired) electrons. The Kier molecular flexibility index (Phi) is 2.65. The third-order valence-electron chi connectivity index (χ3n) is 3.47. The SMILES string of the molecule is OC[C@@H]1CCCN1Cc1nc(C2CC2)no1. The molecule has 1 aliphatic heterocycles. The summed E-state index contributed by atoms with van der Waals surface area (Å²) < 4.78 is 5.24. The monoisotopic (exact) mass is 223 g/mol. The van der Waals surface area contributed by atoms with Crippen molar-refractivity contribution in [2.75, 3.05) is 13.2 Å². The average molecular weight is 223 g/mol. The summed E-state index contributed by atoms with van der Waals surface area (Å²) in [7, 11) is 0. The molecule has 88 valence electrons. The molecule has 2 fully saturated rings. The highest BCUT2D eigenvalue weighted by Crippen LogP contribution is 2.38. The zero-order valence-electron chi connectivity index (χ0n) is 9.30. The zero-order chi connectivity index (χ0) is 11.0. The van der Waals surface area contributed by atoms with Crippen molar-refractivity contribution in [1.82, 2.24) is 15.0 Å². The topological polar surface area (TPSA) is 62.4 Å². The van der Waals surface area contributed by atoms with E-state index in [1.54, 1.807) is 0 Å². The Hall–Kier alpha value is -0.940. The number of hydrogen-bond acceptors (Lipinski definition) is 5. The summed E-state index contributed by atoms with van der Waals surface area (Å²) in [4.78, 5) is 6.63. The van der Waals surface area contributed by atoms with E-state index in [4.69, 9.17) is 4.52 Å². The Balaban J connectivity index is 1.63. The Bertz CT molecular complexity index is 362. The van der Waals surface area contributed by atoms with Crippen molar-refractivity contribution in [2.45, 2.75) is 44.2 Å². The lowest BCUT2D eigenvalue weighted by atomic mass is 10.2. The lowest BCUT2D eigenvalue weighted by Crippen LogP contribution is -2.31. The molecule has 1 saturated carbocycles. The first-order valence-corrected chi connectivity index (χ1v) is 6.04. The first-order valence-electron chi connectivity index (χ1n) is 6.04. The second-order valence-electron chi connectivity index (χ2n) is 4.77. The zero-order valence-corrected chi connectivity index (χ0v) is 9.30. The van der Waals surface area contributed by atoms with Crippen molar-refractivity contribution in [3.8, 4) is 0 Å². The van der Waals surface area contributed by atoms with E-state index < -0.39 is 0 Å². The summed E-state index contributed by atoms with van der Waals surface area (Å²) >= 11 is 0. The molecule has 0 spiro atoms. The molecule has 0 unspecified atom stereocenters. The molecule has 1 saturated heterocycles. The van der Waals surface area contributed by atoms with Gasteiger partial charge in [-0.25, -0.2) is 0 Å². The fourth-order valence-electron chi connectivity index (χ4n) is 2.32. The molecule has 5 nitrogen and oxygen atoms in total. The van der Waals surface area contributed by atoms with E-state index in [1.807, 2.05) is 0 Å². The Morgan fingerprint density at radius 2 is 2.25 bits per heavy atom. The predicted molar refractivity (Wildman–Crippen MR) is 56.8 cm³/mol. The van der Waals surface area contributed by atoms with Crippen LogP contribution in [0.25, 0.3) is 0 Å². The smallest absolute Gasteiger partial charge is 0.240 e. The number of aromatic nitrogens is 2. The second kappa shape index (κ2) is 4.14. The van der Waals surface area contributed by atoms with Crippen LogP contribution in [-0.4, -0.2) is 39.3 Å². The summed E-state index contributed by atoms with van der Waals surface area (Å²) in [6.45, 7) is 1.93. The van der Waals surface area contributed by atoms with Crippen LogP contribution in [0.15, 0.2) is 4.52 Å². The minimum Gasteiger partial charge on any atom is -0.395 e. The van der Waals surface area contributed by atoms with Crippen LogP contribution in [0.2, 0.25) is 0 Å². The predicted octanol–water partition coefficient (Wildman–Crippen LogP) is 0.904. The third-order valence-corrected chi connectivity index (χ3v) is 3.47. The van der Waals surface area contributed by atoms with Crippen LogP contribution in [0.3, 0.4) is 0 Å². The molecule has 1 aliphatic carbocycles. The van der Waals surface area contributed by atoms with Gasteiger partial charge in [0.15, 0.2) is 5.82 Å². The molecule has 1 atom stereocenters. The molecule has 3 rings (SSSR count). The van der Waals surface area contributed by atoms with Crippen molar-refractivity contribution >= 4 is 0 Å². The van der Waals surface area contributed by atoms with Gasteiger partial charge in [0.25, 0.3) is 0 Å². The molecular weight excluding hydrogens is 206 g/mol. The lowest BCUT2D eigenvalue weighted by Gasteiger charge is -2.20. The molecule has 2 heterocycles. The maximum atomic E-state index is 9.21. The van der Waals surface area contributed by atoms with Crippen molar-refractivity contribution in [1.29, 1.82) is 0 Å². The van der Waals surface area contributed by atoms with E-state index in [9.17, 15) is 5.11 Å². The number of nitrogens with zero attached hydrogens (tertiary/aromatic N) is 3. The van der Waals surface area contributed by atoms with Gasteiger partial charge in [0.1, 0.15) is 0 Å². The summed E-state index contributed by atoms with van der Waals surface area (Å²) in [6, 6.07) is 0.274. The van der Waals surface area contributed by atoms with Crippen molar-refractivity contribution < 1.29 is 9.63 Å². The van der Waals surface area contributed by atoms with Gasteiger partial charge in [0.05, 0.1) is 13.2 Å². The largest absolute Gasteiger partial charge is 0.395 e. The summed E-state index contributed by atoms with van der Waals surface area (Å²) in [6.07, 6.45) is 4.61. The Labute approximate surface area is 94.4 Å². The summed E-state index contributed by atoms with van der Waals surface area (Å²) in [5.74, 6) is 2.11. The molecular formula is C11H17N3O2. The molecule has 1 aromatic heterocycles. The van der Waals surface area contributed by atoms with Crippen LogP contribution in [0, 0.1) is 0 Å². The standard InChI is InChI=1S/C11H17N3O2/c15-7-9-2-1-5-14(9)6-10-12-11(13-16-10)8-3-4-8/h8-9,15H,1-7H2/t9-/m0/s1. The molecule has 5 heteroatoms. The number of likely N-dealkylation sites (tertiary alicyclic amines) is 1. The fourth-order valence-corrected chi connectivity index (χ4v) is 2.32. The van der Waals surface area contributed by atoms with Crippen LogP contribution >= 0.6 is 0 Å². The normalized spacial score (nSPS) is 26.4. The maximum absolute atomic E-state index is 9.21. The Morgan fingerprint density at radius 1 is 1.38 bits per heavy atom. The lowest BCUT2D eigenvalue weighted by molar-refractivity contribution is 0.141. The van der Waals surface area contributed by atoms with E-state index in [1.165, 1.54) is 12.8 Å². The van der Waals surface area contributed by atoms with Crippen molar-refractivity contribution in [3.05, 3.63) is 11.7 Å². The molecule has 0 bridgehead atoms. The van der Waals surface area contributed by atoms with E-state index in [0.29, 0.717) is 18.4 Å². The average Bonchev–Trinajstić information content (AvgIpc) is 2.88. The van der Waals surface area contributed by atoms with Crippen LogP contribution < -0.4 is 0 Å². The summed E-state index contributed by atoms with van der Waals surface area (Å²) in [5.41, 5.74) is 0. The fraction of sp³-hybridized carbons (Fsp3) is 0.818. The van der Waals surface area contributed by atoms with Gasteiger partial charge >= 0.3 is 0 Å². The first kappa shape index (κ1) is 10.2. The van der Waals surface area contributed by atoms with Gasteiger partial charge in [0.2, 0.25) is 5.89 Å². The van der Waals surface area contributed by atoms with Gasteiger partial charge in [-0.05, 0) is 32.2 Å². The van der Waals surface area contributed by atoms with Crippen molar-refractivity contribution in [2.24, 2.45) is 0 Å². The van der Waals surface area contributed by atoms with Gasteiger partial charge < -0.3 is 9.63 Å². The molecule has 1 N–H and O–H groups in total. The van der Waals surface area contributed by atoms with Crippen molar-refractivity contribution in [3.63, 3.8) is 0 Å². The van der Waals surface area contributed by atoms with E-state index in [2.05, 4.69) is 15.0 Å². The highest BCUT2D eigenvalue weighted by molar-refractivity contribution is 5.03. The van der Waals surface area contributed by atoms with Crippen LogP contribution in [0.1, 0.15) is 43.3 Å². The molecule has 0 aromatic carbocycles. The van der Waals surface area contributed by atoms with E-state index in [0.717, 1.165) is 25.2 Å². The van der Waals surface area contributed by atoms with Gasteiger partial charge in [0, 0.05) is 12.0 Å². The highest BCUT2D eigenvalue weighted by atomic mass is 16.5. The van der Waals surface area contributed by atoms with Crippen LogP contribution in [0.5, 0.6) is 0 Å². The quantitative estimate of drug-likeness (QED) is 0.821. The number of rotatable bonds is 4. The van der Waals surface area contributed by atoms with E-state index >= 15 is 0 Å². The molecule has 0 amide bonds. The Morgan fingerprint density at radius 3 is 3.00 bits per heavy atom. The van der Waals surface area contributed by atoms with E-state index in [-0.39, 0.29) is 12.6 Å². The second-order valence-corrected chi connectivity index (χ2v) is 4.77. The first-order chi connectivity index (χ1) is 7.86. The van der Waals surface area contributed by atoms with Gasteiger partial charge in [-0.15, -0.1) is 0 Å². The minimum atomic E-state index is 0.226. The van der Waals surface area contributed by atoms with Crippen LogP contribution in [-0.2, 0) is 6.54 Å². The highest BCUT2D eigenvalue weighted by Gasteiger charge is 2.30. The maximum Gasteiger partial charge on any atom is 0.240 e. The minimum absolute atomic E-state index is 0.226. The third kappa shape index (κ3) is 1.97. The van der Waals surface area contributed by atoms with Gasteiger partial charge in [-0.3, -0.25) is 4.90 Å². The van der Waals surface area contributed by atoms with Gasteiger partial charge in [-0.2, -0.15) is 4.98 Å². The molecule has 2 aliphatic rings. The molecule has 1 aromatic rings. The van der Waals surface area contributed by atoms with Crippen LogP contribution in [0.4, 0.5) is 0 Å².